The molecule has 1 rings (SSSR count). The van der Waals surface area contributed by atoms with Crippen LogP contribution in [0.25, 0.3) is 0 Å². The minimum absolute atomic E-state index is 0. The lowest BCUT2D eigenvalue weighted by atomic mass is 10.1. The molecule has 0 spiro atoms. The number of nitrogens with two attached hydrogens (primary N) is 1. The molecule has 0 aromatic heterocycles. The van der Waals surface area contributed by atoms with E-state index in [0.29, 0.717) is 6.42 Å². The molecule has 0 heterocycles. The quantitative estimate of drug-likeness (QED) is 0.898. The van der Waals surface area contributed by atoms with Crippen molar-refractivity contribution in [1.29, 1.82) is 0 Å². The van der Waals surface area contributed by atoms with Crippen LogP contribution in [0.4, 0.5) is 5.69 Å². The van der Waals surface area contributed by atoms with Gasteiger partial charge in [-0.1, -0.05) is 22.9 Å². The second kappa shape index (κ2) is 6.99. The topological polar surface area (TPSA) is 55.1 Å². The largest absolute Gasteiger partial charge is 0.325 e. The summed E-state index contributed by atoms with van der Waals surface area (Å²) < 4.78 is 1.07. The van der Waals surface area contributed by atoms with Crippen LogP contribution in [0.2, 0.25) is 0 Å². The van der Waals surface area contributed by atoms with Gasteiger partial charge in [-0.3, -0.25) is 4.79 Å². The van der Waals surface area contributed by atoms with Crippen LogP contribution in [0.3, 0.4) is 0 Å². The fourth-order valence-corrected chi connectivity index (χ4v) is 1.67. The summed E-state index contributed by atoms with van der Waals surface area (Å²) in [7, 11) is 0. The molecule has 0 saturated heterocycles. The van der Waals surface area contributed by atoms with E-state index < -0.39 is 6.04 Å². The highest BCUT2D eigenvalue weighted by Gasteiger charge is 2.11. The van der Waals surface area contributed by atoms with Crippen LogP contribution < -0.4 is 11.1 Å². The molecule has 1 aromatic rings. The summed E-state index contributed by atoms with van der Waals surface area (Å²) in [6, 6.07) is 3.42. The number of carbonyl (C=O) groups is 1. The van der Waals surface area contributed by atoms with Gasteiger partial charge in [-0.15, -0.1) is 12.4 Å². The SMILES string of the molecule is CC[C@H](N)C(=O)Nc1cc(C)c(Br)c(C)c1.Cl. The summed E-state index contributed by atoms with van der Waals surface area (Å²) in [5.74, 6) is -0.136. The number of hydrogen-bond acceptors (Lipinski definition) is 2. The van der Waals surface area contributed by atoms with Gasteiger partial charge in [0.2, 0.25) is 5.91 Å². The molecule has 17 heavy (non-hydrogen) atoms. The molecule has 0 saturated carbocycles. The van der Waals surface area contributed by atoms with E-state index in [1.807, 2.05) is 32.9 Å². The number of nitrogens with one attached hydrogen (secondary N) is 1. The summed E-state index contributed by atoms with van der Waals surface area (Å²) in [5.41, 5.74) is 8.64. The maximum absolute atomic E-state index is 11.6. The number of amides is 1. The molecule has 0 bridgehead atoms. The Balaban J connectivity index is 0.00000256. The summed E-state index contributed by atoms with van der Waals surface area (Å²) in [5, 5.41) is 2.82. The standard InChI is InChI=1S/C12H17BrN2O.ClH/c1-4-10(14)12(16)15-9-5-7(2)11(13)8(3)6-9;/h5-6,10H,4,14H2,1-3H3,(H,15,16);1H/t10-;/m0./s1. The smallest absolute Gasteiger partial charge is 0.241 e. The third-order valence-electron chi connectivity index (χ3n) is 2.48. The lowest BCUT2D eigenvalue weighted by Crippen LogP contribution is -2.34. The Morgan fingerprint density at radius 3 is 2.29 bits per heavy atom. The molecule has 0 unspecified atom stereocenters. The second-order valence-corrected chi connectivity index (χ2v) is 4.72. The van der Waals surface area contributed by atoms with Crippen LogP contribution in [0.1, 0.15) is 24.5 Å². The van der Waals surface area contributed by atoms with Gasteiger partial charge in [-0.2, -0.15) is 0 Å². The minimum Gasteiger partial charge on any atom is -0.325 e. The van der Waals surface area contributed by atoms with E-state index in [2.05, 4.69) is 21.2 Å². The zero-order valence-corrected chi connectivity index (χ0v) is 12.6. The second-order valence-electron chi connectivity index (χ2n) is 3.93. The number of aryl methyl sites for hydroxylation is 2. The molecule has 0 aliphatic heterocycles. The summed E-state index contributed by atoms with van der Waals surface area (Å²) in [6.45, 7) is 5.88. The maximum Gasteiger partial charge on any atom is 0.241 e. The first-order chi connectivity index (χ1) is 7.45. The predicted octanol–water partition coefficient (Wildman–Crippen LogP) is 3.16. The molecule has 1 atom stereocenters. The Kier molecular flexibility index (Phi) is 6.75. The lowest BCUT2D eigenvalue weighted by Gasteiger charge is -2.12. The number of halogens is 2. The normalized spacial score (nSPS) is 11.6. The van der Waals surface area contributed by atoms with Crippen molar-refractivity contribution in [2.75, 3.05) is 5.32 Å². The molecule has 0 radical (unpaired) electrons. The summed E-state index contributed by atoms with van der Waals surface area (Å²) in [4.78, 5) is 11.6. The molecule has 1 amide bonds. The molecule has 3 N–H and O–H groups in total. The monoisotopic (exact) mass is 320 g/mol. The van der Waals surface area contributed by atoms with Crippen molar-refractivity contribution in [3.05, 3.63) is 27.7 Å². The van der Waals surface area contributed by atoms with Crippen molar-refractivity contribution in [2.45, 2.75) is 33.2 Å². The van der Waals surface area contributed by atoms with Crippen LogP contribution in [-0.2, 0) is 4.79 Å². The first kappa shape index (κ1) is 16.4. The van der Waals surface area contributed by atoms with E-state index >= 15 is 0 Å². The first-order valence-electron chi connectivity index (χ1n) is 5.29. The van der Waals surface area contributed by atoms with Gasteiger partial charge in [0.25, 0.3) is 0 Å². The van der Waals surface area contributed by atoms with Crippen LogP contribution in [0.5, 0.6) is 0 Å². The number of rotatable bonds is 3. The highest BCUT2D eigenvalue weighted by molar-refractivity contribution is 9.10. The highest BCUT2D eigenvalue weighted by atomic mass is 79.9. The number of anilines is 1. The Labute approximate surface area is 117 Å². The first-order valence-corrected chi connectivity index (χ1v) is 6.08. The van der Waals surface area contributed by atoms with E-state index in [9.17, 15) is 4.79 Å². The predicted molar refractivity (Wildman–Crippen MR) is 77.8 cm³/mol. The van der Waals surface area contributed by atoms with Crippen LogP contribution in [0, 0.1) is 13.8 Å². The van der Waals surface area contributed by atoms with Crippen LogP contribution in [-0.4, -0.2) is 11.9 Å². The van der Waals surface area contributed by atoms with Gasteiger partial charge >= 0.3 is 0 Å². The molecule has 5 heteroatoms. The average molecular weight is 322 g/mol. The zero-order valence-electron chi connectivity index (χ0n) is 10.2. The number of benzene rings is 1. The molecule has 3 nitrogen and oxygen atoms in total. The van der Waals surface area contributed by atoms with Crippen molar-refractivity contribution in [3.63, 3.8) is 0 Å². The molecule has 0 fully saturated rings. The molecular weight excluding hydrogens is 304 g/mol. The van der Waals surface area contributed by atoms with Gasteiger partial charge in [0.1, 0.15) is 0 Å². The van der Waals surface area contributed by atoms with E-state index in [1.54, 1.807) is 0 Å². The van der Waals surface area contributed by atoms with Crippen LogP contribution >= 0.6 is 28.3 Å². The van der Waals surface area contributed by atoms with Crippen molar-refractivity contribution < 1.29 is 4.79 Å². The Hall–Kier alpha value is -0.580. The summed E-state index contributed by atoms with van der Waals surface area (Å²) >= 11 is 3.48. The van der Waals surface area contributed by atoms with Gasteiger partial charge < -0.3 is 11.1 Å². The maximum atomic E-state index is 11.6. The van der Waals surface area contributed by atoms with Gasteiger partial charge in [0.05, 0.1) is 6.04 Å². The Bertz CT molecular complexity index is 386. The highest BCUT2D eigenvalue weighted by Crippen LogP contribution is 2.25. The number of hydrogen-bond donors (Lipinski definition) is 2. The van der Waals surface area contributed by atoms with Gasteiger partial charge in [0.15, 0.2) is 0 Å². The Morgan fingerprint density at radius 1 is 1.41 bits per heavy atom. The van der Waals surface area contributed by atoms with Crippen molar-refractivity contribution in [3.8, 4) is 0 Å². The third kappa shape index (κ3) is 4.30. The number of carbonyl (C=O) groups excluding carboxylic acids is 1. The van der Waals surface area contributed by atoms with Gasteiger partial charge in [-0.25, -0.2) is 0 Å². The molecule has 1 aromatic carbocycles. The fraction of sp³-hybridized carbons (Fsp3) is 0.417. The van der Waals surface area contributed by atoms with E-state index in [4.69, 9.17) is 5.73 Å². The van der Waals surface area contributed by atoms with Crippen molar-refractivity contribution >= 4 is 39.9 Å². The minimum atomic E-state index is -0.441. The van der Waals surface area contributed by atoms with Crippen molar-refractivity contribution in [2.24, 2.45) is 5.73 Å². The van der Waals surface area contributed by atoms with E-state index in [0.717, 1.165) is 21.3 Å². The Morgan fingerprint density at radius 2 is 1.88 bits per heavy atom. The molecular formula is C12H18BrClN2O. The average Bonchev–Trinajstić information content (AvgIpc) is 2.24. The van der Waals surface area contributed by atoms with Gasteiger partial charge in [-0.05, 0) is 43.5 Å². The lowest BCUT2D eigenvalue weighted by molar-refractivity contribution is -0.117. The molecule has 0 aliphatic rings. The van der Waals surface area contributed by atoms with Crippen LogP contribution in [0.15, 0.2) is 16.6 Å². The zero-order chi connectivity index (χ0) is 12.3. The van der Waals surface area contributed by atoms with Gasteiger partial charge in [0, 0.05) is 10.2 Å². The van der Waals surface area contributed by atoms with E-state index in [-0.39, 0.29) is 18.3 Å². The van der Waals surface area contributed by atoms with Crippen molar-refractivity contribution in [1.82, 2.24) is 0 Å². The fourth-order valence-electron chi connectivity index (χ4n) is 1.44. The summed E-state index contributed by atoms with van der Waals surface area (Å²) in [6.07, 6.45) is 0.639. The van der Waals surface area contributed by atoms with E-state index in [1.165, 1.54) is 0 Å². The third-order valence-corrected chi connectivity index (χ3v) is 3.73. The molecule has 0 aliphatic carbocycles. The molecule has 96 valence electrons.